The zero-order valence-electron chi connectivity index (χ0n) is 8.70. The van der Waals surface area contributed by atoms with Crippen molar-refractivity contribution < 1.29 is 14.7 Å². The van der Waals surface area contributed by atoms with Gasteiger partial charge in [0.25, 0.3) is 0 Å². The molecule has 0 aromatic carbocycles. The first kappa shape index (κ1) is 10.4. The number of nitrogens with one attached hydrogen (secondary N) is 2. The topological polar surface area (TPSA) is 95.1 Å². The molecule has 6 heteroatoms. The zero-order valence-corrected chi connectivity index (χ0v) is 8.70. The average Bonchev–Trinajstić information content (AvgIpc) is 2.74. The molecule has 16 heavy (non-hydrogen) atoms. The third-order valence-corrected chi connectivity index (χ3v) is 2.37. The highest BCUT2D eigenvalue weighted by Crippen LogP contribution is 2.18. The van der Waals surface area contributed by atoms with Crippen molar-refractivity contribution >= 4 is 11.9 Å². The molecule has 1 aromatic rings. The van der Waals surface area contributed by atoms with E-state index in [1.54, 1.807) is 0 Å². The number of H-pyrrole nitrogens is 1. The molecule has 1 aliphatic heterocycles. The number of amides is 1. The molecule has 3 N–H and O–H groups in total. The molecule has 0 radical (unpaired) electrons. The highest BCUT2D eigenvalue weighted by Gasteiger charge is 2.26. The summed E-state index contributed by atoms with van der Waals surface area (Å²) in [4.78, 5) is 22.0. The van der Waals surface area contributed by atoms with Crippen LogP contribution in [-0.4, -0.2) is 27.2 Å². The lowest BCUT2D eigenvalue weighted by molar-refractivity contribution is -0.133. The predicted octanol–water partition coefficient (Wildman–Crippen LogP) is 0.119. The number of rotatable bonds is 3. The Kier molecular flexibility index (Phi) is 2.47. The Morgan fingerprint density at radius 1 is 1.62 bits per heavy atom. The average molecular weight is 221 g/mol. The number of hydrogen-bond acceptors (Lipinski definition) is 3. The standard InChI is InChI=1S/C10H11N3O3/c1-5-2-6(13-12-5)3-8-7(10(15)16)4-9(14)11-8/h2H,3-4H2,1H3,(H,11,14)(H,12,13)(H,15,16). The van der Waals surface area contributed by atoms with E-state index in [1.807, 2.05) is 13.0 Å². The Bertz CT molecular complexity index is 487. The van der Waals surface area contributed by atoms with Crippen LogP contribution >= 0.6 is 0 Å². The molecular formula is C10H11N3O3. The van der Waals surface area contributed by atoms with E-state index in [0.29, 0.717) is 17.8 Å². The molecular weight excluding hydrogens is 210 g/mol. The van der Waals surface area contributed by atoms with Gasteiger partial charge in [0, 0.05) is 17.8 Å². The molecule has 6 nitrogen and oxygen atoms in total. The predicted molar refractivity (Wildman–Crippen MR) is 54.5 cm³/mol. The van der Waals surface area contributed by atoms with Crippen LogP contribution in [0.25, 0.3) is 0 Å². The quantitative estimate of drug-likeness (QED) is 0.675. The maximum Gasteiger partial charge on any atom is 0.333 e. The van der Waals surface area contributed by atoms with E-state index < -0.39 is 5.97 Å². The van der Waals surface area contributed by atoms with Crippen LogP contribution in [0.3, 0.4) is 0 Å². The molecule has 0 saturated heterocycles. The normalized spacial score (nSPS) is 15.4. The Hall–Kier alpha value is -2.11. The second-order valence-corrected chi connectivity index (χ2v) is 3.71. The minimum absolute atomic E-state index is 0.0614. The van der Waals surface area contributed by atoms with E-state index in [2.05, 4.69) is 15.5 Å². The summed E-state index contributed by atoms with van der Waals surface area (Å²) in [6.45, 7) is 1.86. The number of aromatic amines is 1. The van der Waals surface area contributed by atoms with Crippen LogP contribution in [0, 0.1) is 6.92 Å². The summed E-state index contributed by atoms with van der Waals surface area (Å²) in [5.74, 6) is -1.33. The van der Waals surface area contributed by atoms with E-state index in [4.69, 9.17) is 5.11 Å². The van der Waals surface area contributed by atoms with Crippen molar-refractivity contribution in [3.8, 4) is 0 Å². The zero-order chi connectivity index (χ0) is 11.7. The van der Waals surface area contributed by atoms with Crippen LogP contribution in [0.1, 0.15) is 17.8 Å². The first-order valence-corrected chi connectivity index (χ1v) is 4.82. The molecule has 2 rings (SSSR count). The van der Waals surface area contributed by atoms with Gasteiger partial charge in [-0.1, -0.05) is 0 Å². The number of carboxylic acids is 1. The lowest BCUT2D eigenvalue weighted by Gasteiger charge is -2.01. The summed E-state index contributed by atoms with van der Waals surface area (Å²) in [5, 5.41) is 18.2. The van der Waals surface area contributed by atoms with Gasteiger partial charge in [-0.2, -0.15) is 5.10 Å². The summed E-state index contributed by atoms with van der Waals surface area (Å²) in [6.07, 6.45) is 0.270. The largest absolute Gasteiger partial charge is 0.478 e. The van der Waals surface area contributed by atoms with Gasteiger partial charge in [-0.25, -0.2) is 4.79 Å². The Labute approximate surface area is 91.4 Å². The molecule has 0 unspecified atom stereocenters. The number of carbonyl (C=O) groups excluding carboxylic acids is 1. The van der Waals surface area contributed by atoms with Gasteiger partial charge in [-0.3, -0.25) is 9.89 Å². The Balaban J connectivity index is 2.22. The summed E-state index contributed by atoms with van der Waals surface area (Å²) < 4.78 is 0. The van der Waals surface area contributed by atoms with Crippen molar-refractivity contribution in [3.63, 3.8) is 0 Å². The van der Waals surface area contributed by atoms with Crippen LogP contribution in [0.15, 0.2) is 17.3 Å². The lowest BCUT2D eigenvalue weighted by Crippen LogP contribution is -2.16. The van der Waals surface area contributed by atoms with Gasteiger partial charge in [0.15, 0.2) is 0 Å². The molecule has 0 aliphatic carbocycles. The van der Waals surface area contributed by atoms with Gasteiger partial charge in [0.2, 0.25) is 5.91 Å². The minimum atomic E-state index is -1.05. The van der Waals surface area contributed by atoms with Gasteiger partial charge in [0.05, 0.1) is 17.7 Å². The molecule has 1 aromatic heterocycles. The second kappa shape index (κ2) is 3.80. The SMILES string of the molecule is Cc1cc(CC2=C(C(=O)O)CC(=O)N2)n[nH]1. The maximum atomic E-state index is 11.1. The molecule has 0 atom stereocenters. The fourth-order valence-electron chi connectivity index (χ4n) is 1.66. The number of carbonyl (C=O) groups is 2. The molecule has 0 bridgehead atoms. The van der Waals surface area contributed by atoms with Gasteiger partial charge in [-0.15, -0.1) is 0 Å². The van der Waals surface area contributed by atoms with Gasteiger partial charge in [-0.05, 0) is 13.0 Å². The number of aromatic nitrogens is 2. The van der Waals surface area contributed by atoms with Crippen LogP contribution in [0.2, 0.25) is 0 Å². The molecule has 0 spiro atoms. The van der Waals surface area contributed by atoms with E-state index in [9.17, 15) is 9.59 Å². The second-order valence-electron chi connectivity index (χ2n) is 3.71. The fourth-order valence-corrected chi connectivity index (χ4v) is 1.66. The number of aryl methyl sites for hydroxylation is 1. The van der Waals surface area contributed by atoms with E-state index in [1.165, 1.54) is 0 Å². The van der Waals surface area contributed by atoms with Gasteiger partial charge in [0.1, 0.15) is 0 Å². The van der Waals surface area contributed by atoms with Crippen LogP contribution in [0.5, 0.6) is 0 Å². The number of nitrogens with zero attached hydrogens (tertiary/aromatic N) is 1. The van der Waals surface area contributed by atoms with E-state index in [-0.39, 0.29) is 17.9 Å². The summed E-state index contributed by atoms with van der Waals surface area (Å²) in [5.41, 5.74) is 2.18. The Morgan fingerprint density at radius 3 is 2.94 bits per heavy atom. The number of aliphatic carboxylic acids is 1. The molecule has 0 fully saturated rings. The molecule has 2 heterocycles. The van der Waals surface area contributed by atoms with Crippen molar-refractivity contribution in [1.82, 2.24) is 15.5 Å². The summed E-state index contributed by atoms with van der Waals surface area (Å²) in [6, 6.07) is 1.82. The van der Waals surface area contributed by atoms with Crippen molar-refractivity contribution in [2.45, 2.75) is 19.8 Å². The van der Waals surface area contributed by atoms with Crippen molar-refractivity contribution in [1.29, 1.82) is 0 Å². The van der Waals surface area contributed by atoms with Crippen LogP contribution in [0.4, 0.5) is 0 Å². The molecule has 1 aliphatic rings. The van der Waals surface area contributed by atoms with Gasteiger partial charge < -0.3 is 10.4 Å². The number of carboxylic acid groups (broad SMARTS) is 1. The number of hydrogen-bond donors (Lipinski definition) is 3. The van der Waals surface area contributed by atoms with E-state index >= 15 is 0 Å². The first-order chi connectivity index (χ1) is 7.56. The molecule has 0 saturated carbocycles. The lowest BCUT2D eigenvalue weighted by atomic mass is 10.1. The maximum absolute atomic E-state index is 11.1. The molecule has 84 valence electrons. The van der Waals surface area contributed by atoms with Crippen molar-refractivity contribution in [3.05, 3.63) is 28.7 Å². The van der Waals surface area contributed by atoms with Crippen LogP contribution < -0.4 is 5.32 Å². The van der Waals surface area contributed by atoms with E-state index in [0.717, 1.165) is 5.69 Å². The highest BCUT2D eigenvalue weighted by atomic mass is 16.4. The smallest absolute Gasteiger partial charge is 0.333 e. The van der Waals surface area contributed by atoms with Crippen LogP contribution in [-0.2, 0) is 16.0 Å². The highest BCUT2D eigenvalue weighted by molar-refractivity contribution is 5.99. The Morgan fingerprint density at radius 2 is 2.38 bits per heavy atom. The van der Waals surface area contributed by atoms with Crippen molar-refractivity contribution in [2.75, 3.05) is 0 Å². The fraction of sp³-hybridized carbons (Fsp3) is 0.300. The van der Waals surface area contributed by atoms with Crippen molar-refractivity contribution in [2.24, 2.45) is 0 Å². The minimum Gasteiger partial charge on any atom is -0.478 e. The first-order valence-electron chi connectivity index (χ1n) is 4.82. The summed E-state index contributed by atoms with van der Waals surface area (Å²) >= 11 is 0. The molecule has 1 amide bonds. The van der Waals surface area contributed by atoms with Gasteiger partial charge >= 0.3 is 5.97 Å². The third-order valence-electron chi connectivity index (χ3n) is 2.37. The number of allylic oxidation sites excluding steroid dienone is 1. The summed E-state index contributed by atoms with van der Waals surface area (Å²) in [7, 11) is 0. The monoisotopic (exact) mass is 221 g/mol. The third kappa shape index (κ3) is 1.95.